The van der Waals surface area contributed by atoms with E-state index in [4.69, 9.17) is 0 Å². The van der Waals surface area contributed by atoms with Crippen molar-refractivity contribution in [3.63, 3.8) is 0 Å². The molecule has 0 bridgehead atoms. The number of benzene rings is 3. The second-order valence-corrected chi connectivity index (χ2v) is 7.36. The molecule has 0 saturated carbocycles. The zero-order valence-corrected chi connectivity index (χ0v) is 17.5. The highest BCUT2D eigenvalue weighted by atomic mass is 35.5. The molecule has 4 rings (SSSR count). The molecule has 154 valence electrons. The van der Waals surface area contributed by atoms with Gasteiger partial charge in [0.25, 0.3) is 5.56 Å². The molecule has 0 radical (unpaired) electrons. The molecular formula is C22H19ClN3O3S-. The summed E-state index contributed by atoms with van der Waals surface area (Å²) in [5.74, 6) is 0. The van der Waals surface area contributed by atoms with E-state index in [2.05, 4.69) is 9.82 Å². The predicted octanol–water partition coefficient (Wildman–Crippen LogP) is 3.42. The van der Waals surface area contributed by atoms with Crippen molar-refractivity contribution in [1.82, 2.24) is 14.5 Å². The van der Waals surface area contributed by atoms with Crippen molar-refractivity contribution in [2.45, 2.75) is 13.1 Å². The second-order valence-electron chi connectivity index (χ2n) is 6.60. The lowest BCUT2D eigenvalue weighted by atomic mass is 10.0. The van der Waals surface area contributed by atoms with Gasteiger partial charge in [-0.15, -0.1) is 12.4 Å². The number of halogens is 1. The van der Waals surface area contributed by atoms with Crippen molar-refractivity contribution in [3.8, 4) is 11.3 Å². The average molecular weight is 441 g/mol. The first-order valence-electron chi connectivity index (χ1n) is 9.08. The Bertz CT molecular complexity index is 1250. The van der Waals surface area contributed by atoms with Crippen LogP contribution in [-0.4, -0.2) is 18.5 Å². The van der Waals surface area contributed by atoms with Crippen LogP contribution in [0.25, 0.3) is 22.0 Å². The molecule has 0 aliphatic rings. The highest BCUT2D eigenvalue weighted by Gasteiger charge is 2.13. The molecule has 0 amide bonds. The molecule has 0 spiro atoms. The van der Waals surface area contributed by atoms with Gasteiger partial charge in [-0.3, -0.25) is 9.00 Å². The van der Waals surface area contributed by atoms with E-state index in [1.54, 1.807) is 6.07 Å². The highest BCUT2D eigenvalue weighted by Crippen LogP contribution is 2.25. The normalized spacial score (nSPS) is 11.8. The minimum atomic E-state index is -2.33. The van der Waals surface area contributed by atoms with Crippen molar-refractivity contribution in [2.75, 3.05) is 0 Å². The first kappa shape index (κ1) is 21.9. The standard InChI is InChI=1S/C22H19N3O3S.ClH/c26-22-20-12-5-4-11-19(20)21(24-25(22)15-16-7-2-1-3-8-16)18-10-6-9-17(13-18)14-23-29(27)28;/h1-13,23H,14-15H2,(H,27,28);1H/p-1. The number of nitrogens with zero attached hydrogens (tertiary/aromatic N) is 2. The molecule has 6 nitrogen and oxygen atoms in total. The summed E-state index contributed by atoms with van der Waals surface area (Å²) in [5, 5.41) is 6.02. The Hall–Kier alpha value is -2.84. The monoisotopic (exact) mass is 440 g/mol. The molecule has 0 fully saturated rings. The Morgan fingerprint density at radius 1 is 0.900 bits per heavy atom. The molecule has 1 N–H and O–H groups in total. The zero-order valence-electron chi connectivity index (χ0n) is 15.9. The lowest BCUT2D eigenvalue weighted by molar-refractivity contribution is 0.522. The maximum absolute atomic E-state index is 13.0. The van der Waals surface area contributed by atoms with Crippen LogP contribution in [0, 0.1) is 0 Å². The van der Waals surface area contributed by atoms with Gasteiger partial charge >= 0.3 is 0 Å². The van der Waals surface area contributed by atoms with Gasteiger partial charge in [-0.1, -0.05) is 66.7 Å². The minimum Gasteiger partial charge on any atom is -0.760 e. The van der Waals surface area contributed by atoms with Crippen molar-refractivity contribution < 1.29 is 8.76 Å². The van der Waals surface area contributed by atoms with E-state index in [0.717, 1.165) is 22.1 Å². The van der Waals surface area contributed by atoms with Crippen molar-refractivity contribution >= 4 is 34.4 Å². The third kappa shape index (κ3) is 4.83. The van der Waals surface area contributed by atoms with Crippen LogP contribution in [0.3, 0.4) is 0 Å². The highest BCUT2D eigenvalue weighted by molar-refractivity contribution is 7.77. The van der Waals surface area contributed by atoms with Crippen molar-refractivity contribution in [3.05, 3.63) is 100 Å². The molecular weight excluding hydrogens is 422 g/mol. The molecule has 0 saturated heterocycles. The van der Waals surface area contributed by atoms with Crippen molar-refractivity contribution in [1.29, 1.82) is 0 Å². The fourth-order valence-corrected chi connectivity index (χ4v) is 3.57. The van der Waals surface area contributed by atoms with Gasteiger partial charge in [0.2, 0.25) is 0 Å². The minimum absolute atomic E-state index is 0. The third-order valence-corrected chi connectivity index (χ3v) is 5.02. The predicted molar refractivity (Wildman–Crippen MR) is 120 cm³/mol. The number of hydrogen-bond donors (Lipinski definition) is 1. The van der Waals surface area contributed by atoms with Gasteiger partial charge in [-0.2, -0.15) is 5.10 Å². The van der Waals surface area contributed by atoms with Gasteiger partial charge in [-0.05, 0) is 23.3 Å². The van der Waals surface area contributed by atoms with Crippen LogP contribution in [0.1, 0.15) is 11.1 Å². The molecule has 1 heterocycles. The number of nitrogens with one attached hydrogen (secondary N) is 1. The Morgan fingerprint density at radius 3 is 2.30 bits per heavy atom. The summed E-state index contributed by atoms with van der Waals surface area (Å²) in [5.41, 5.74) is 3.14. The van der Waals surface area contributed by atoms with Crippen LogP contribution in [0.4, 0.5) is 0 Å². The lowest BCUT2D eigenvalue weighted by Crippen LogP contribution is -2.24. The average Bonchev–Trinajstić information content (AvgIpc) is 2.75. The summed E-state index contributed by atoms with van der Waals surface area (Å²) in [6.45, 7) is 0.555. The fourth-order valence-electron chi connectivity index (χ4n) is 3.28. The molecule has 8 heteroatoms. The second kappa shape index (κ2) is 9.77. The van der Waals surface area contributed by atoms with Gasteiger partial charge in [-0.25, -0.2) is 9.40 Å². The Balaban J connectivity index is 0.00000256. The van der Waals surface area contributed by atoms with Gasteiger partial charge in [0, 0.05) is 28.8 Å². The van der Waals surface area contributed by atoms with Crippen LogP contribution in [0.5, 0.6) is 0 Å². The fraction of sp³-hybridized carbons (Fsp3) is 0.0909. The Morgan fingerprint density at radius 2 is 1.57 bits per heavy atom. The van der Waals surface area contributed by atoms with Crippen LogP contribution in [0.2, 0.25) is 0 Å². The van der Waals surface area contributed by atoms with Gasteiger partial charge in [0.1, 0.15) is 0 Å². The molecule has 0 aliphatic carbocycles. The summed E-state index contributed by atoms with van der Waals surface area (Å²) in [6.07, 6.45) is 0. The third-order valence-electron chi connectivity index (χ3n) is 4.64. The quantitative estimate of drug-likeness (QED) is 0.465. The van der Waals surface area contributed by atoms with E-state index in [0.29, 0.717) is 17.6 Å². The largest absolute Gasteiger partial charge is 0.760 e. The van der Waals surface area contributed by atoms with E-state index in [-0.39, 0.29) is 24.5 Å². The topological polar surface area (TPSA) is 87.1 Å². The van der Waals surface area contributed by atoms with E-state index in [1.807, 2.05) is 72.8 Å². The first-order valence-corrected chi connectivity index (χ1v) is 10.1. The molecule has 1 atom stereocenters. The molecule has 4 aromatic rings. The first-order chi connectivity index (χ1) is 14.1. The summed E-state index contributed by atoms with van der Waals surface area (Å²) < 4.78 is 25.4. The van der Waals surface area contributed by atoms with E-state index < -0.39 is 11.3 Å². The molecule has 1 aromatic heterocycles. The van der Waals surface area contributed by atoms with E-state index in [1.165, 1.54) is 4.68 Å². The van der Waals surface area contributed by atoms with E-state index in [9.17, 15) is 13.6 Å². The maximum atomic E-state index is 13.0. The summed E-state index contributed by atoms with van der Waals surface area (Å²) in [7, 11) is 0. The summed E-state index contributed by atoms with van der Waals surface area (Å²) >= 11 is -2.33. The van der Waals surface area contributed by atoms with Crippen LogP contribution in [-0.2, 0) is 24.4 Å². The van der Waals surface area contributed by atoms with Crippen LogP contribution in [0.15, 0.2) is 83.7 Å². The molecule has 0 aliphatic heterocycles. The van der Waals surface area contributed by atoms with Crippen molar-refractivity contribution in [2.24, 2.45) is 0 Å². The maximum Gasteiger partial charge on any atom is 0.274 e. The summed E-state index contributed by atoms with van der Waals surface area (Å²) in [6, 6.07) is 24.6. The van der Waals surface area contributed by atoms with Gasteiger partial charge < -0.3 is 4.55 Å². The summed E-state index contributed by atoms with van der Waals surface area (Å²) in [4.78, 5) is 13.0. The zero-order chi connectivity index (χ0) is 20.2. The number of aromatic nitrogens is 2. The van der Waals surface area contributed by atoms with Crippen LogP contribution < -0.4 is 10.3 Å². The molecule has 1 unspecified atom stereocenters. The Labute approximate surface area is 182 Å². The smallest absolute Gasteiger partial charge is 0.274 e. The number of rotatable bonds is 6. The lowest BCUT2D eigenvalue weighted by Gasteiger charge is -2.13. The number of fused-ring (bicyclic) bond motifs is 1. The Kier molecular flexibility index (Phi) is 7.12. The van der Waals surface area contributed by atoms with Gasteiger partial charge in [0.15, 0.2) is 0 Å². The molecule has 30 heavy (non-hydrogen) atoms. The van der Waals surface area contributed by atoms with Gasteiger partial charge in [0.05, 0.1) is 17.6 Å². The number of hydrogen-bond acceptors (Lipinski definition) is 4. The molecule has 3 aromatic carbocycles. The van der Waals surface area contributed by atoms with E-state index >= 15 is 0 Å². The van der Waals surface area contributed by atoms with Crippen LogP contribution >= 0.6 is 12.4 Å². The SMILES string of the molecule is Cl.O=c1c2ccccc2c(-c2cccc(CNS(=O)[O-])c2)nn1Cc1ccccc1.